The summed E-state index contributed by atoms with van der Waals surface area (Å²) >= 11 is 0. The molecule has 1 aliphatic rings. The number of nitrogens with zero attached hydrogens (tertiary/aromatic N) is 3. The Bertz CT molecular complexity index is 1520. The fourth-order valence-corrected chi connectivity index (χ4v) is 6.03. The molecule has 198 valence electrons. The topological polar surface area (TPSA) is 59.3 Å². The van der Waals surface area contributed by atoms with Crippen molar-refractivity contribution in [1.29, 1.82) is 0 Å². The average Bonchev–Trinajstić information content (AvgIpc) is 3.52. The van der Waals surface area contributed by atoms with E-state index in [2.05, 4.69) is 54.1 Å². The molecule has 1 aliphatic heterocycles. The number of para-hydroxylation sites is 2. The molecule has 0 spiro atoms. The van der Waals surface area contributed by atoms with E-state index < -0.39 is 0 Å². The van der Waals surface area contributed by atoms with Crippen LogP contribution in [0.4, 0.5) is 0 Å². The molecule has 3 heterocycles. The molecule has 6 heteroatoms. The monoisotopic (exact) mass is 510 g/mol. The van der Waals surface area contributed by atoms with Crippen molar-refractivity contribution in [1.82, 2.24) is 19.4 Å². The van der Waals surface area contributed by atoms with Crippen LogP contribution in [0, 0.1) is 5.92 Å². The van der Waals surface area contributed by atoms with Crippen molar-refractivity contribution in [2.24, 2.45) is 13.0 Å². The molecular weight excluding hydrogens is 472 g/mol. The molecular formula is C32H38N4O2. The number of carbonyl (C=O) groups excluding carboxylic acids is 2. The Balaban J connectivity index is 1.53. The Hall–Kier alpha value is -3.64. The molecule has 0 bridgehead atoms. The number of rotatable bonds is 11. The standard InChI is InChI=1S/C32H38N4O2/c1-5-6-12-22(19-34(2)3)13-11-18-36-21-26(24-15-8-10-17-28(24)36)30-29(31(37)33-32(30)38)25-20-35(4)27-16-9-7-14-23(25)27/h7-10,14-17,20-22H,5-6,11-13,18-19H2,1-4H3,(H,33,37,38). The Morgan fingerprint density at radius 3 is 2.05 bits per heavy atom. The summed E-state index contributed by atoms with van der Waals surface area (Å²) in [6.45, 7) is 4.25. The van der Waals surface area contributed by atoms with Gasteiger partial charge in [-0.15, -0.1) is 0 Å². The quantitative estimate of drug-likeness (QED) is 0.258. The summed E-state index contributed by atoms with van der Waals surface area (Å²) in [7, 11) is 6.27. The highest BCUT2D eigenvalue weighted by Crippen LogP contribution is 2.38. The molecule has 0 fully saturated rings. The molecule has 1 atom stereocenters. The molecule has 0 saturated carbocycles. The minimum absolute atomic E-state index is 0.327. The van der Waals surface area contributed by atoms with E-state index in [0.717, 1.165) is 52.4 Å². The molecule has 1 N–H and O–H groups in total. The van der Waals surface area contributed by atoms with E-state index in [1.807, 2.05) is 54.2 Å². The van der Waals surface area contributed by atoms with Gasteiger partial charge in [0, 0.05) is 65.5 Å². The minimum Gasteiger partial charge on any atom is -0.350 e. The van der Waals surface area contributed by atoms with Crippen molar-refractivity contribution in [3.05, 3.63) is 72.1 Å². The van der Waals surface area contributed by atoms with E-state index in [-0.39, 0.29) is 11.8 Å². The average molecular weight is 511 g/mol. The molecule has 2 aromatic heterocycles. The van der Waals surface area contributed by atoms with Crippen LogP contribution in [0.5, 0.6) is 0 Å². The van der Waals surface area contributed by atoms with Crippen molar-refractivity contribution in [3.63, 3.8) is 0 Å². The van der Waals surface area contributed by atoms with Crippen molar-refractivity contribution < 1.29 is 9.59 Å². The van der Waals surface area contributed by atoms with Gasteiger partial charge in [0.15, 0.2) is 0 Å². The second-order valence-corrected chi connectivity index (χ2v) is 10.9. The summed E-state index contributed by atoms with van der Waals surface area (Å²) in [5.74, 6) is 0.0252. The number of amides is 2. The first-order valence-electron chi connectivity index (χ1n) is 13.8. The van der Waals surface area contributed by atoms with Gasteiger partial charge in [-0.05, 0) is 51.4 Å². The van der Waals surface area contributed by atoms with E-state index in [0.29, 0.717) is 17.1 Å². The molecule has 38 heavy (non-hydrogen) atoms. The number of imide groups is 1. The first-order chi connectivity index (χ1) is 18.4. The summed E-state index contributed by atoms with van der Waals surface area (Å²) in [5, 5.41) is 4.55. The van der Waals surface area contributed by atoms with Gasteiger partial charge in [-0.1, -0.05) is 56.2 Å². The zero-order chi connectivity index (χ0) is 26.8. The van der Waals surface area contributed by atoms with Crippen LogP contribution in [0.25, 0.3) is 33.0 Å². The molecule has 0 radical (unpaired) electrons. The lowest BCUT2D eigenvalue weighted by Crippen LogP contribution is -2.22. The lowest BCUT2D eigenvalue weighted by molar-refractivity contribution is -0.122. The number of aromatic nitrogens is 2. The summed E-state index contributed by atoms with van der Waals surface area (Å²) in [5.41, 5.74) is 4.66. The van der Waals surface area contributed by atoms with E-state index in [9.17, 15) is 9.59 Å². The van der Waals surface area contributed by atoms with Gasteiger partial charge in [-0.25, -0.2) is 0 Å². The molecule has 0 saturated heterocycles. The lowest BCUT2D eigenvalue weighted by Gasteiger charge is -2.21. The van der Waals surface area contributed by atoms with Gasteiger partial charge < -0.3 is 14.0 Å². The first-order valence-corrected chi connectivity index (χ1v) is 13.8. The molecule has 5 rings (SSSR count). The Morgan fingerprint density at radius 2 is 1.39 bits per heavy atom. The maximum Gasteiger partial charge on any atom is 0.259 e. The second-order valence-electron chi connectivity index (χ2n) is 10.9. The van der Waals surface area contributed by atoms with Crippen molar-refractivity contribution in [2.45, 2.75) is 45.6 Å². The largest absolute Gasteiger partial charge is 0.350 e. The van der Waals surface area contributed by atoms with Crippen LogP contribution in [0.1, 0.15) is 50.2 Å². The van der Waals surface area contributed by atoms with Crippen LogP contribution in [0.3, 0.4) is 0 Å². The number of fused-ring (bicyclic) bond motifs is 2. The van der Waals surface area contributed by atoms with Crippen molar-refractivity contribution in [3.8, 4) is 0 Å². The third kappa shape index (κ3) is 4.93. The van der Waals surface area contributed by atoms with Crippen LogP contribution < -0.4 is 5.32 Å². The predicted octanol–water partition coefficient (Wildman–Crippen LogP) is 5.85. The van der Waals surface area contributed by atoms with E-state index in [1.165, 1.54) is 25.7 Å². The number of aryl methyl sites for hydroxylation is 2. The Labute approximate surface area is 224 Å². The first kappa shape index (κ1) is 26.0. The van der Waals surface area contributed by atoms with Crippen LogP contribution in [-0.4, -0.2) is 46.5 Å². The van der Waals surface area contributed by atoms with Gasteiger partial charge in [0.25, 0.3) is 11.8 Å². The Morgan fingerprint density at radius 1 is 0.816 bits per heavy atom. The summed E-state index contributed by atoms with van der Waals surface area (Å²) < 4.78 is 4.28. The van der Waals surface area contributed by atoms with E-state index in [1.54, 1.807) is 0 Å². The second kappa shape index (κ2) is 11.0. The number of carbonyl (C=O) groups is 2. The van der Waals surface area contributed by atoms with Gasteiger partial charge in [-0.3, -0.25) is 14.9 Å². The molecule has 2 amide bonds. The van der Waals surface area contributed by atoms with Crippen molar-refractivity contribution >= 4 is 44.8 Å². The molecule has 1 unspecified atom stereocenters. The summed E-state index contributed by atoms with van der Waals surface area (Å²) in [4.78, 5) is 28.7. The SMILES string of the molecule is CCCCC(CCCn1cc(C2=C(c3cn(C)c4ccccc34)C(=O)NC2=O)c2ccccc21)CN(C)C. The van der Waals surface area contributed by atoms with E-state index >= 15 is 0 Å². The summed E-state index contributed by atoms with van der Waals surface area (Å²) in [6, 6.07) is 16.2. The molecule has 0 aliphatic carbocycles. The van der Waals surface area contributed by atoms with Crippen LogP contribution >= 0.6 is 0 Å². The highest BCUT2D eigenvalue weighted by atomic mass is 16.2. The van der Waals surface area contributed by atoms with Gasteiger partial charge in [0.2, 0.25) is 0 Å². The zero-order valence-corrected chi connectivity index (χ0v) is 23.0. The Kier molecular flexibility index (Phi) is 7.52. The third-order valence-corrected chi connectivity index (χ3v) is 7.76. The van der Waals surface area contributed by atoms with Gasteiger partial charge in [-0.2, -0.15) is 0 Å². The van der Waals surface area contributed by atoms with Crippen molar-refractivity contribution in [2.75, 3.05) is 20.6 Å². The number of nitrogens with one attached hydrogen (secondary N) is 1. The predicted molar refractivity (Wildman–Crippen MR) is 156 cm³/mol. The fourth-order valence-electron chi connectivity index (χ4n) is 6.03. The van der Waals surface area contributed by atoms with E-state index in [4.69, 9.17) is 0 Å². The molecule has 4 aromatic rings. The number of benzene rings is 2. The van der Waals surface area contributed by atoms with Crippen LogP contribution in [0.15, 0.2) is 60.9 Å². The third-order valence-electron chi connectivity index (χ3n) is 7.76. The maximum absolute atomic E-state index is 13.3. The maximum atomic E-state index is 13.3. The molecule has 2 aromatic carbocycles. The summed E-state index contributed by atoms with van der Waals surface area (Å²) in [6.07, 6.45) is 10.0. The van der Waals surface area contributed by atoms with Gasteiger partial charge >= 0.3 is 0 Å². The lowest BCUT2D eigenvalue weighted by atomic mass is 9.95. The minimum atomic E-state index is -0.333. The fraction of sp³-hybridized carbons (Fsp3) is 0.375. The van der Waals surface area contributed by atoms with Crippen LogP contribution in [-0.2, 0) is 23.2 Å². The number of hydrogen-bond donors (Lipinski definition) is 1. The highest BCUT2D eigenvalue weighted by Gasteiger charge is 2.35. The normalized spacial score (nSPS) is 14.9. The molecule has 6 nitrogen and oxygen atoms in total. The van der Waals surface area contributed by atoms with Crippen LogP contribution in [0.2, 0.25) is 0 Å². The smallest absolute Gasteiger partial charge is 0.259 e. The van der Waals surface area contributed by atoms with Gasteiger partial charge in [0.1, 0.15) is 0 Å². The number of unbranched alkanes of at least 4 members (excludes halogenated alkanes) is 1. The number of hydrogen-bond acceptors (Lipinski definition) is 3. The highest BCUT2D eigenvalue weighted by molar-refractivity contribution is 6.50. The van der Waals surface area contributed by atoms with Gasteiger partial charge in [0.05, 0.1) is 11.1 Å². The zero-order valence-electron chi connectivity index (χ0n) is 23.0.